The van der Waals surface area contributed by atoms with E-state index in [2.05, 4.69) is 0 Å². The van der Waals surface area contributed by atoms with Gasteiger partial charge in [-0.1, -0.05) is 0 Å². The Bertz CT molecular complexity index is 121. The van der Waals surface area contributed by atoms with E-state index in [1.165, 1.54) is 0 Å². The van der Waals surface area contributed by atoms with Gasteiger partial charge in [-0.15, -0.1) is 0 Å². The van der Waals surface area contributed by atoms with Crippen molar-refractivity contribution in [2.75, 3.05) is 28.2 Å². The van der Waals surface area contributed by atoms with E-state index in [9.17, 15) is 4.79 Å². The topological polar surface area (TPSA) is 23.6 Å². The molecule has 10 heavy (non-hydrogen) atoms. The van der Waals surface area contributed by atoms with E-state index in [0.29, 0.717) is 0 Å². The lowest BCUT2D eigenvalue weighted by atomic mass is 10.3. The molecule has 1 amide bonds. The van der Waals surface area contributed by atoms with Gasteiger partial charge in [-0.3, -0.25) is 9.69 Å². The van der Waals surface area contributed by atoms with E-state index < -0.39 is 0 Å². The molecule has 1 atom stereocenters. The molecule has 0 aromatic carbocycles. The third-order valence-electron chi connectivity index (χ3n) is 1.57. The molecule has 60 valence electrons. The monoisotopic (exact) mass is 144 g/mol. The van der Waals surface area contributed by atoms with Crippen molar-refractivity contribution in [3.8, 4) is 0 Å². The quantitative estimate of drug-likeness (QED) is 0.545. The van der Waals surface area contributed by atoms with Crippen molar-refractivity contribution < 1.29 is 4.79 Å². The van der Waals surface area contributed by atoms with Gasteiger partial charge >= 0.3 is 0 Å². The lowest BCUT2D eigenvalue weighted by Crippen LogP contribution is -2.40. The van der Waals surface area contributed by atoms with Crippen LogP contribution < -0.4 is 0 Å². The highest BCUT2D eigenvalue weighted by atomic mass is 16.2. The Hall–Kier alpha value is -0.570. The molecule has 0 spiro atoms. The molecule has 0 bridgehead atoms. The molecule has 0 fully saturated rings. The number of hydrogen-bond acceptors (Lipinski definition) is 2. The van der Waals surface area contributed by atoms with Crippen LogP contribution in [0.4, 0.5) is 0 Å². The number of carbonyl (C=O) groups excluding carboxylic acids is 1. The molecule has 0 unspecified atom stereocenters. The van der Waals surface area contributed by atoms with Gasteiger partial charge in [0.05, 0.1) is 6.04 Å². The summed E-state index contributed by atoms with van der Waals surface area (Å²) in [4.78, 5) is 14.7. The van der Waals surface area contributed by atoms with Gasteiger partial charge in [0.25, 0.3) is 0 Å². The molecule has 0 aliphatic carbocycles. The maximum Gasteiger partial charge on any atom is 0.239 e. The van der Waals surface area contributed by atoms with Crippen molar-refractivity contribution >= 4 is 5.91 Å². The van der Waals surface area contributed by atoms with E-state index in [-0.39, 0.29) is 11.9 Å². The maximum atomic E-state index is 11.2. The Morgan fingerprint density at radius 3 is 1.70 bits per heavy atom. The maximum absolute atomic E-state index is 11.2. The van der Waals surface area contributed by atoms with Gasteiger partial charge < -0.3 is 4.90 Å². The van der Waals surface area contributed by atoms with Crippen molar-refractivity contribution in [3.63, 3.8) is 0 Å². The Balaban J connectivity index is 3.95. The summed E-state index contributed by atoms with van der Waals surface area (Å²) >= 11 is 0. The highest BCUT2D eigenvalue weighted by Crippen LogP contribution is 1.94. The van der Waals surface area contributed by atoms with Gasteiger partial charge in [-0.2, -0.15) is 0 Å². The Morgan fingerprint density at radius 1 is 1.20 bits per heavy atom. The second-order valence-corrected chi connectivity index (χ2v) is 2.87. The fourth-order valence-electron chi connectivity index (χ4n) is 0.595. The molecule has 0 heterocycles. The van der Waals surface area contributed by atoms with Gasteiger partial charge in [-0.25, -0.2) is 0 Å². The highest BCUT2D eigenvalue weighted by molar-refractivity contribution is 5.80. The lowest BCUT2D eigenvalue weighted by Gasteiger charge is -2.22. The van der Waals surface area contributed by atoms with E-state index in [0.717, 1.165) is 0 Å². The van der Waals surface area contributed by atoms with Crippen LogP contribution >= 0.6 is 0 Å². The molecule has 0 saturated carbocycles. The second kappa shape index (κ2) is 3.56. The fraction of sp³-hybridized carbons (Fsp3) is 0.857. The van der Waals surface area contributed by atoms with Crippen LogP contribution in [-0.4, -0.2) is 49.9 Å². The largest absolute Gasteiger partial charge is 0.347 e. The Morgan fingerprint density at radius 2 is 1.60 bits per heavy atom. The molecule has 0 aromatic heterocycles. The van der Waals surface area contributed by atoms with Gasteiger partial charge in [0.15, 0.2) is 0 Å². The van der Waals surface area contributed by atoms with Crippen molar-refractivity contribution in [1.82, 2.24) is 9.80 Å². The Labute approximate surface area is 62.6 Å². The van der Waals surface area contributed by atoms with E-state index in [4.69, 9.17) is 0 Å². The smallest absolute Gasteiger partial charge is 0.239 e. The van der Waals surface area contributed by atoms with Crippen molar-refractivity contribution in [2.45, 2.75) is 13.0 Å². The molecule has 0 saturated heterocycles. The molecule has 3 nitrogen and oxygen atoms in total. The molecule has 0 radical (unpaired) electrons. The van der Waals surface area contributed by atoms with Crippen LogP contribution in [0.2, 0.25) is 0 Å². The summed E-state index contributed by atoms with van der Waals surface area (Å²) in [7, 11) is 7.32. The first-order valence-corrected chi connectivity index (χ1v) is 3.34. The van der Waals surface area contributed by atoms with E-state index in [1.807, 2.05) is 25.9 Å². The third-order valence-corrected chi connectivity index (χ3v) is 1.57. The lowest BCUT2D eigenvalue weighted by molar-refractivity contribution is -0.132. The zero-order chi connectivity index (χ0) is 8.31. The molecule has 0 aliphatic rings. The average Bonchev–Trinajstić information content (AvgIpc) is 1.84. The van der Waals surface area contributed by atoms with E-state index in [1.54, 1.807) is 19.0 Å². The third kappa shape index (κ3) is 2.35. The summed E-state index contributed by atoms with van der Waals surface area (Å²) < 4.78 is 0. The summed E-state index contributed by atoms with van der Waals surface area (Å²) in [5, 5.41) is 0. The van der Waals surface area contributed by atoms with Crippen LogP contribution in [-0.2, 0) is 4.79 Å². The SMILES string of the molecule is C[C@@H](C(=O)N(C)C)N(C)C. The zero-order valence-corrected chi connectivity index (χ0v) is 7.38. The predicted octanol–water partition coefficient (Wildman–Crippen LogP) is 0.0247. The van der Waals surface area contributed by atoms with Gasteiger partial charge in [0, 0.05) is 14.1 Å². The van der Waals surface area contributed by atoms with Crippen LogP contribution in [0.1, 0.15) is 6.92 Å². The molecule has 0 N–H and O–H groups in total. The van der Waals surface area contributed by atoms with Gasteiger partial charge in [0.2, 0.25) is 5.91 Å². The van der Waals surface area contributed by atoms with Crippen LogP contribution in [0.5, 0.6) is 0 Å². The first-order chi connectivity index (χ1) is 4.46. The first-order valence-electron chi connectivity index (χ1n) is 3.34. The first kappa shape index (κ1) is 9.43. The standard InChI is InChI=1S/C7H16N2O/c1-6(8(2)3)7(10)9(4)5/h6H,1-5H3/t6-/m0/s1. The fourth-order valence-corrected chi connectivity index (χ4v) is 0.595. The van der Waals surface area contributed by atoms with Gasteiger partial charge in [-0.05, 0) is 21.0 Å². The summed E-state index contributed by atoms with van der Waals surface area (Å²) in [6, 6.07) is -0.0185. The molecule has 3 heteroatoms. The summed E-state index contributed by atoms with van der Waals surface area (Å²) in [6.45, 7) is 1.89. The summed E-state index contributed by atoms with van der Waals surface area (Å²) in [5.41, 5.74) is 0. The summed E-state index contributed by atoms with van der Waals surface area (Å²) in [6.07, 6.45) is 0. The minimum Gasteiger partial charge on any atom is -0.347 e. The Kier molecular flexibility index (Phi) is 3.36. The van der Waals surface area contributed by atoms with Crippen LogP contribution in [0, 0.1) is 0 Å². The van der Waals surface area contributed by atoms with Crippen molar-refractivity contribution in [1.29, 1.82) is 0 Å². The number of likely N-dealkylation sites (N-methyl/N-ethyl adjacent to an activating group) is 2. The minimum absolute atomic E-state index is 0.0185. The van der Waals surface area contributed by atoms with Crippen LogP contribution in [0.25, 0.3) is 0 Å². The predicted molar refractivity (Wildman–Crippen MR) is 41.8 cm³/mol. The van der Waals surface area contributed by atoms with Crippen LogP contribution in [0.3, 0.4) is 0 Å². The molecular formula is C7H16N2O. The number of nitrogens with zero attached hydrogens (tertiary/aromatic N) is 2. The van der Waals surface area contributed by atoms with Crippen molar-refractivity contribution in [2.24, 2.45) is 0 Å². The van der Waals surface area contributed by atoms with E-state index >= 15 is 0 Å². The van der Waals surface area contributed by atoms with Crippen molar-refractivity contribution in [3.05, 3.63) is 0 Å². The average molecular weight is 144 g/mol. The van der Waals surface area contributed by atoms with Gasteiger partial charge in [0.1, 0.15) is 0 Å². The number of carbonyl (C=O) groups is 1. The molecule has 0 aliphatic heterocycles. The second-order valence-electron chi connectivity index (χ2n) is 2.87. The normalized spacial score (nSPS) is 13.4. The number of rotatable bonds is 2. The van der Waals surface area contributed by atoms with Crippen LogP contribution in [0.15, 0.2) is 0 Å². The minimum atomic E-state index is -0.0185. The molecule has 0 rings (SSSR count). The molecule has 0 aromatic rings. The highest BCUT2D eigenvalue weighted by Gasteiger charge is 2.15. The molecular weight excluding hydrogens is 128 g/mol. The number of hydrogen-bond donors (Lipinski definition) is 0. The number of amides is 1. The zero-order valence-electron chi connectivity index (χ0n) is 7.38. The summed E-state index contributed by atoms with van der Waals surface area (Å²) in [5.74, 6) is 0.144.